The van der Waals surface area contributed by atoms with Crippen molar-refractivity contribution in [2.24, 2.45) is 5.92 Å². The van der Waals surface area contributed by atoms with Gasteiger partial charge in [-0.05, 0) is 18.4 Å². The van der Waals surface area contributed by atoms with Gasteiger partial charge in [-0.15, -0.1) is 0 Å². The average molecular weight is 166 g/mol. The Hall–Kier alpha value is -1.12. The van der Waals surface area contributed by atoms with E-state index in [1.807, 2.05) is 6.07 Å². The van der Waals surface area contributed by atoms with Gasteiger partial charge in [-0.2, -0.15) is 5.10 Å². The fraction of sp³-hybridized carbons (Fsp3) is 0.556. The monoisotopic (exact) mass is 166 g/mol. The minimum atomic E-state index is 0.0151. The molecule has 0 aromatic carbocycles. The van der Waals surface area contributed by atoms with E-state index in [1.54, 1.807) is 0 Å². The second kappa shape index (κ2) is 3.52. The second-order valence-corrected chi connectivity index (χ2v) is 3.43. The van der Waals surface area contributed by atoms with Crippen molar-refractivity contribution in [2.75, 3.05) is 0 Å². The van der Waals surface area contributed by atoms with Gasteiger partial charge >= 0.3 is 0 Å². The molecule has 0 bridgehead atoms. The van der Waals surface area contributed by atoms with Crippen LogP contribution in [-0.2, 0) is 6.42 Å². The fourth-order valence-corrected chi connectivity index (χ4v) is 1.09. The predicted octanol–water partition coefficient (Wildman–Crippen LogP) is 1.81. The highest BCUT2D eigenvalue weighted by molar-refractivity contribution is 5.92. The van der Waals surface area contributed by atoms with Crippen LogP contribution in [0.4, 0.5) is 0 Å². The first kappa shape index (κ1) is 8.97. The molecule has 0 amide bonds. The number of nitrogens with one attached hydrogen (secondary N) is 1. The Morgan fingerprint density at radius 3 is 2.75 bits per heavy atom. The van der Waals surface area contributed by atoms with Crippen molar-refractivity contribution in [2.45, 2.75) is 27.2 Å². The summed E-state index contributed by atoms with van der Waals surface area (Å²) in [5, 5.41) is 6.74. The van der Waals surface area contributed by atoms with E-state index in [4.69, 9.17) is 0 Å². The molecule has 1 N–H and O–H groups in total. The molecule has 0 spiro atoms. The number of H-pyrrole nitrogens is 1. The van der Waals surface area contributed by atoms with Gasteiger partial charge in [-0.25, -0.2) is 0 Å². The maximum absolute atomic E-state index is 10.9. The Morgan fingerprint density at radius 1 is 1.67 bits per heavy atom. The Labute approximate surface area is 72.2 Å². The topological polar surface area (TPSA) is 45.8 Å². The summed E-state index contributed by atoms with van der Waals surface area (Å²) in [4.78, 5) is 10.9. The number of carbonyl (C=O) groups is 1. The number of carbonyl (C=O) groups excluding carboxylic acids is 1. The molecule has 1 aromatic rings. The van der Waals surface area contributed by atoms with Crippen LogP contribution >= 0.6 is 0 Å². The Morgan fingerprint density at radius 2 is 2.33 bits per heavy atom. The standard InChI is InChI=1S/C9H14N2O/c1-6(2)4-8-5-9(7(3)12)11-10-8/h5-6H,4H2,1-3H3,(H,10,11). The Balaban J connectivity index is 2.71. The molecule has 0 fully saturated rings. The number of hydrogen-bond donors (Lipinski definition) is 1. The highest BCUT2D eigenvalue weighted by atomic mass is 16.1. The van der Waals surface area contributed by atoms with Crippen LogP contribution in [0.5, 0.6) is 0 Å². The van der Waals surface area contributed by atoms with Crippen molar-refractivity contribution < 1.29 is 4.79 Å². The van der Waals surface area contributed by atoms with Crippen molar-refractivity contribution in [3.05, 3.63) is 17.5 Å². The van der Waals surface area contributed by atoms with Gasteiger partial charge in [0.05, 0.1) is 0 Å². The maximum atomic E-state index is 10.9. The van der Waals surface area contributed by atoms with Gasteiger partial charge in [0.2, 0.25) is 0 Å². The molecular formula is C9H14N2O. The molecule has 0 aliphatic heterocycles. The van der Waals surface area contributed by atoms with Gasteiger partial charge < -0.3 is 0 Å². The number of hydrogen-bond acceptors (Lipinski definition) is 2. The van der Waals surface area contributed by atoms with Gasteiger partial charge in [0.25, 0.3) is 0 Å². The number of rotatable bonds is 3. The smallest absolute Gasteiger partial charge is 0.179 e. The van der Waals surface area contributed by atoms with Crippen LogP contribution in [0.3, 0.4) is 0 Å². The van der Waals surface area contributed by atoms with Crippen LogP contribution in [0.2, 0.25) is 0 Å². The van der Waals surface area contributed by atoms with Crippen LogP contribution in [0, 0.1) is 5.92 Å². The molecule has 0 aliphatic rings. The third-order valence-corrected chi connectivity index (χ3v) is 1.62. The molecule has 3 nitrogen and oxygen atoms in total. The quantitative estimate of drug-likeness (QED) is 0.696. The molecule has 12 heavy (non-hydrogen) atoms. The summed E-state index contributed by atoms with van der Waals surface area (Å²) in [5.41, 5.74) is 1.57. The van der Waals surface area contributed by atoms with Crippen LogP contribution < -0.4 is 0 Å². The fourth-order valence-electron chi connectivity index (χ4n) is 1.09. The first-order valence-electron chi connectivity index (χ1n) is 4.15. The largest absolute Gasteiger partial charge is 0.293 e. The SMILES string of the molecule is CC(=O)c1cc(CC(C)C)[nH]n1. The normalized spacial score (nSPS) is 10.7. The lowest BCUT2D eigenvalue weighted by molar-refractivity contribution is 0.101. The van der Waals surface area contributed by atoms with Crippen molar-refractivity contribution in [3.8, 4) is 0 Å². The zero-order chi connectivity index (χ0) is 9.14. The minimum absolute atomic E-state index is 0.0151. The molecule has 66 valence electrons. The number of aromatic nitrogens is 2. The maximum Gasteiger partial charge on any atom is 0.179 e. The van der Waals surface area contributed by atoms with Crippen LogP contribution in [0.15, 0.2) is 6.07 Å². The number of Topliss-reactive ketones (excluding diaryl/α,β-unsaturated/α-hetero) is 1. The summed E-state index contributed by atoms with van der Waals surface area (Å²) < 4.78 is 0. The van der Waals surface area contributed by atoms with Gasteiger partial charge in [-0.1, -0.05) is 13.8 Å². The van der Waals surface area contributed by atoms with Crippen molar-refractivity contribution in [3.63, 3.8) is 0 Å². The van der Waals surface area contributed by atoms with E-state index in [1.165, 1.54) is 6.92 Å². The lowest BCUT2D eigenvalue weighted by Gasteiger charge is -1.98. The van der Waals surface area contributed by atoms with E-state index in [9.17, 15) is 4.79 Å². The first-order chi connectivity index (χ1) is 5.59. The minimum Gasteiger partial charge on any atom is -0.293 e. The summed E-state index contributed by atoms with van der Waals surface area (Å²) in [7, 11) is 0. The number of ketones is 1. The molecule has 0 unspecified atom stereocenters. The lowest BCUT2D eigenvalue weighted by atomic mass is 10.1. The van der Waals surface area contributed by atoms with Crippen LogP contribution in [0.25, 0.3) is 0 Å². The van der Waals surface area contributed by atoms with Crippen molar-refractivity contribution in [1.82, 2.24) is 10.2 Å². The van der Waals surface area contributed by atoms with E-state index < -0.39 is 0 Å². The van der Waals surface area contributed by atoms with E-state index >= 15 is 0 Å². The van der Waals surface area contributed by atoms with Gasteiger partial charge in [0.15, 0.2) is 5.78 Å². The molecule has 1 aromatic heterocycles. The van der Waals surface area contributed by atoms with Gasteiger partial charge in [0, 0.05) is 12.6 Å². The Bertz CT molecular complexity index is 276. The van der Waals surface area contributed by atoms with E-state index in [-0.39, 0.29) is 5.78 Å². The van der Waals surface area contributed by atoms with E-state index in [0.29, 0.717) is 11.6 Å². The zero-order valence-electron chi connectivity index (χ0n) is 7.72. The molecule has 1 rings (SSSR count). The van der Waals surface area contributed by atoms with Crippen molar-refractivity contribution in [1.29, 1.82) is 0 Å². The highest BCUT2D eigenvalue weighted by Crippen LogP contribution is 2.06. The molecule has 0 atom stereocenters. The second-order valence-electron chi connectivity index (χ2n) is 3.43. The number of nitrogens with zero attached hydrogens (tertiary/aromatic N) is 1. The molecule has 0 radical (unpaired) electrons. The summed E-state index contributed by atoms with van der Waals surface area (Å²) in [6, 6.07) is 1.82. The lowest BCUT2D eigenvalue weighted by Crippen LogP contribution is -1.93. The third-order valence-electron chi connectivity index (χ3n) is 1.62. The van der Waals surface area contributed by atoms with Gasteiger partial charge in [0.1, 0.15) is 5.69 Å². The van der Waals surface area contributed by atoms with E-state index in [2.05, 4.69) is 24.0 Å². The number of aromatic amines is 1. The summed E-state index contributed by atoms with van der Waals surface area (Å²) in [6.07, 6.45) is 0.945. The van der Waals surface area contributed by atoms with Gasteiger partial charge in [-0.3, -0.25) is 9.89 Å². The Kier molecular flexibility index (Phi) is 2.63. The summed E-state index contributed by atoms with van der Waals surface area (Å²) in [5.74, 6) is 0.603. The molecule has 0 aliphatic carbocycles. The van der Waals surface area contributed by atoms with Crippen LogP contribution in [0.1, 0.15) is 37.0 Å². The molecular weight excluding hydrogens is 152 g/mol. The summed E-state index contributed by atoms with van der Waals surface area (Å²) in [6.45, 7) is 5.79. The van der Waals surface area contributed by atoms with Crippen LogP contribution in [-0.4, -0.2) is 16.0 Å². The summed E-state index contributed by atoms with van der Waals surface area (Å²) >= 11 is 0. The zero-order valence-corrected chi connectivity index (χ0v) is 7.72. The van der Waals surface area contributed by atoms with E-state index in [0.717, 1.165) is 12.1 Å². The molecule has 3 heteroatoms. The molecule has 0 saturated heterocycles. The van der Waals surface area contributed by atoms with Crippen molar-refractivity contribution >= 4 is 5.78 Å². The molecule has 1 heterocycles. The third kappa shape index (κ3) is 2.19. The molecule has 0 saturated carbocycles. The average Bonchev–Trinajstić information content (AvgIpc) is 2.34. The highest BCUT2D eigenvalue weighted by Gasteiger charge is 2.05. The predicted molar refractivity (Wildman–Crippen MR) is 47.1 cm³/mol. The first-order valence-corrected chi connectivity index (χ1v) is 4.15.